The molecule has 3 aromatic rings. The van der Waals surface area contributed by atoms with Gasteiger partial charge in [-0.3, -0.25) is 14.9 Å². The van der Waals surface area contributed by atoms with E-state index >= 15 is 0 Å². The van der Waals surface area contributed by atoms with Crippen LogP contribution in [0.5, 0.6) is 0 Å². The Hall–Kier alpha value is -3.65. The molecule has 168 valence electrons. The van der Waals surface area contributed by atoms with E-state index in [0.29, 0.717) is 10.2 Å². The fourth-order valence-corrected chi connectivity index (χ4v) is 4.42. The van der Waals surface area contributed by atoms with Crippen molar-refractivity contribution in [3.8, 4) is 11.1 Å². The standard InChI is InChI=1S/C25H21BrN2O5/c26-16-11-15(24(31)27-10-9-23(29)30)12-17(13-16)28-25(32)33-14-22-20-7-3-1-5-18(20)19-6-2-4-8-21(19)22/h1-8,11-13,22H,9-10,14H2,(H,27,31)(H,28,32)(H,29,30). The third kappa shape index (κ3) is 5.23. The van der Waals surface area contributed by atoms with Crippen LogP contribution in [0.1, 0.15) is 33.8 Å². The van der Waals surface area contributed by atoms with Gasteiger partial charge in [-0.15, -0.1) is 0 Å². The molecule has 33 heavy (non-hydrogen) atoms. The molecule has 0 bridgehead atoms. The van der Waals surface area contributed by atoms with Gasteiger partial charge in [0.25, 0.3) is 5.91 Å². The van der Waals surface area contributed by atoms with Gasteiger partial charge in [0, 0.05) is 28.2 Å². The zero-order valence-electron chi connectivity index (χ0n) is 17.5. The average Bonchev–Trinajstić information content (AvgIpc) is 3.11. The van der Waals surface area contributed by atoms with Gasteiger partial charge < -0.3 is 15.2 Å². The number of halogens is 1. The van der Waals surface area contributed by atoms with E-state index in [4.69, 9.17) is 9.84 Å². The topological polar surface area (TPSA) is 105 Å². The number of aliphatic carboxylic acids is 1. The summed E-state index contributed by atoms with van der Waals surface area (Å²) in [6.07, 6.45) is -0.808. The van der Waals surface area contributed by atoms with Gasteiger partial charge in [-0.05, 0) is 40.5 Å². The minimum Gasteiger partial charge on any atom is -0.481 e. The number of carboxylic acid groups (broad SMARTS) is 1. The van der Waals surface area contributed by atoms with Crippen LogP contribution in [-0.4, -0.2) is 36.2 Å². The Morgan fingerprint density at radius 2 is 1.58 bits per heavy atom. The molecule has 3 aromatic carbocycles. The summed E-state index contributed by atoms with van der Waals surface area (Å²) in [5.74, 6) is -1.49. The Labute approximate surface area is 198 Å². The lowest BCUT2D eigenvalue weighted by atomic mass is 9.98. The van der Waals surface area contributed by atoms with Crippen LogP contribution in [0.25, 0.3) is 11.1 Å². The van der Waals surface area contributed by atoms with E-state index in [1.165, 1.54) is 6.07 Å². The molecule has 0 radical (unpaired) electrons. The number of hydrogen-bond acceptors (Lipinski definition) is 4. The largest absolute Gasteiger partial charge is 0.481 e. The zero-order chi connectivity index (χ0) is 23.4. The van der Waals surface area contributed by atoms with Crippen LogP contribution in [0.4, 0.5) is 10.5 Å². The van der Waals surface area contributed by atoms with E-state index in [2.05, 4.69) is 38.7 Å². The maximum atomic E-state index is 12.5. The molecule has 1 aliphatic carbocycles. The summed E-state index contributed by atoms with van der Waals surface area (Å²) in [6, 6.07) is 20.9. The van der Waals surface area contributed by atoms with Crippen molar-refractivity contribution in [2.75, 3.05) is 18.5 Å². The first-order valence-electron chi connectivity index (χ1n) is 10.3. The van der Waals surface area contributed by atoms with Crippen molar-refractivity contribution in [3.63, 3.8) is 0 Å². The number of nitrogens with one attached hydrogen (secondary N) is 2. The van der Waals surface area contributed by atoms with E-state index in [1.807, 2.05) is 36.4 Å². The lowest BCUT2D eigenvalue weighted by Gasteiger charge is -2.15. The molecule has 7 nitrogen and oxygen atoms in total. The van der Waals surface area contributed by atoms with E-state index in [1.54, 1.807) is 12.1 Å². The molecule has 0 spiro atoms. The van der Waals surface area contributed by atoms with E-state index < -0.39 is 18.0 Å². The average molecular weight is 509 g/mol. The summed E-state index contributed by atoms with van der Waals surface area (Å²) in [7, 11) is 0. The van der Waals surface area contributed by atoms with Gasteiger partial charge in [-0.2, -0.15) is 0 Å². The number of hydrogen-bond donors (Lipinski definition) is 3. The van der Waals surface area contributed by atoms with Gasteiger partial charge in [-0.1, -0.05) is 64.5 Å². The Morgan fingerprint density at radius 1 is 0.939 bits per heavy atom. The summed E-state index contributed by atoms with van der Waals surface area (Å²) < 4.78 is 6.13. The van der Waals surface area contributed by atoms with Crippen LogP contribution in [0.2, 0.25) is 0 Å². The highest BCUT2D eigenvalue weighted by Crippen LogP contribution is 2.44. The number of anilines is 1. The molecule has 3 N–H and O–H groups in total. The van der Waals surface area contributed by atoms with Gasteiger partial charge in [0.05, 0.1) is 6.42 Å². The third-order valence-corrected chi connectivity index (χ3v) is 5.83. The Morgan fingerprint density at radius 3 is 2.21 bits per heavy atom. The molecule has 2 amide bonds. The predicted molar refractivity (Wildman–Crippen MR) is 127 cm³/mol. The highest BCUT2D eigenvalue weighted by Gasteiger charge is 2.29. The van der Waals surface area contributed by atoms with Crippen LogP contribution in [0, 0.1) is 0 Å². The number of carbonyl (C=O) groups excluding carboxylic acids is 2. The number of carboxylic acids is 1. The summed E-state index contributed by atoms with van der Waals surface area (Å²) in [4.78, 5) is 35.4. The highest BCUT2D eigenvalue weighted by atomic mass is 79.9. The predicted octanol–water partition coefficient (Wildman–Crippen LogP) is 5.01. The summed E-state index contributed by atoms with van der Waals surface area (Å²) in [5, 5.41) is 13.9. The monoisotopic (exact) mass is 508 g/mol. The Balaban J connectivity index is 1.41. The van der Waals surface area contributed by atoms with Gasteiger partial charge in [0.15, 0.2) is 0 Å². The Bertz CT molecular complexity index is 1180. The summed E-state index contributed by atoms with van der Waals surface area (Å²) in [5.41, 5.74) is 5.19. The minimum absolute atomic E-state index is 0.00974. The first kappa shape index (κ1) is 22.5. The number of amides is 2. The number of ether oxygens (including phenoxy) is 1. The van der Waals surface area contributed by atoms with E-state index in [9.17, 15) is 14.4 Å². The molecule has 0 atom stereocenters. The van der Waals surface area contributed by atoms with Gasteiger partial charge in [0.1, 0.15) is 6.61 Å². The molecule has 0 saturated carbocycles. The van der Waals surface area contributed by atoms with Gasteiger partial charge in [0.2, 0.25) is 0 Å². The van der Waals surface area contributed by atoms with Crippen molar-refractivity contribution in [1.29, 1.82) is 0 Å². The number of fused-ring (bicyclic) bond motifs is 3. The zero-order valence-corrected chi connectivity index (χ0v) is 19.1. The molecule has 0 aliphatic heterocycles. The SMILES string of the molecule is O=C(O)CCNC(=O)c1cc(Br)cc(NC(=O)OCC2c3ccccc3-c3ccccc32)c1. The second kappa shape index (κ2) is 9.87. The van der Waals surface area contributed by atoms with Crippen molar-refractivity contribution < 1.29 is 24.2 Å². The van der Waals surface area contributed by atoms with Crippen LogP contribution in [-0.2, 0) is 9.53 Å². The molecule has 4 rings (SSSR count). The molecule has 0 saturated heterocycles. The molecule has 0 unspecified atom stereocenters. The second-order valence-electron chi connectivity index (χ2n) is 7.58. The summed E-state index contributed by atoms with van der Waals surface area (Å²) >= 11 is 3.33. The van der Waals surface area contributed by atoms with Crippen molar-refractivity contribution >= 4 is 39.6 Å². The van der Waals surface area contributed by atoms with Crippen molar-refractivity contribution in [2.24, 2.45) is 0 Å². The Kier molecular flexibility index (Phi) is 6.74. The van der Waals surface area contributed by atoms with Crippen molar-refractivity contribution in [1.82, 2.24) is 5.32 Å². The van der Waals surface area contributed by atoms with Gasteiger partial charge >= 0.3 is 12.1 Å². The number of carbonyl (C=O) groups is 3. The normalized spacial score (nSPS) is 11.9. The summed E-state index contributed by atoms with van der Waals surface area (Å²) in [6.45, 7) is 0.187. The van der Waals surface area contributed by atoms with Crippen LogP contribution < -0.4 is 10.6 Å². The smallest absolute Gasteiger partial charge is 0.411 e. The maximum absolute atomic E-state index is 12.5. The lowest BCUT2D eigenvalue weighted by molar-refractivity contribution is -0.136. The fraction of sp³-hybridized carbons (Fsp3) is 0.160. The van der Waals surface area contributed by atoms with E-state index in [-0.39, 0.29) is 31.1 Å². The molecule has 8 heteroatoms. The van der Waals surface area contributed by atoms with E-state index in [0.717, 1.165) is 22.3 Å². The van der Waals surface area contributed by atoms with Crippen LogP contribution in [0.15, 0.2) is 71.2 Å². The molecular formula is C25H21BrN2O5. The molecule has 0 aromatic heterocycles. The molecular weight excluding hydrogens is 488 g/mol. The number of benzene rings is 3. The minimum atomic E-state index is -0.998. The quantitative estimate of drug-likeness (QED) is 0.415. The number of rotatable bonds is 7. The molecule has 0 heterocycles. The first-order chi connectivity index (χ1) is 15.9. The fourth-order valence-electron chi connectivity index (χ4n) is 3.93. The van der Waals surface area contributed by atoms with Crippen LogP contribution in [0.3, 0.4) is 0 Å². The van der Waals surface area contributed by atoms with Crippen molar-refractivity contribution in [3.05, 3.63) is 87.9 Å². The highest BCUT2D eigenvalue weighted by molar-refractivity contribution is 9.10. The van der Waals surface area contributed by atoms with Gasteiger partial charge in [-0.25, -0.2) is 4.79 Å². The third-order valence-electron chi connectivity index (χ3n) is 5.37. The lowest BCUT2D eigenvalue weighted by Crippen LogP contribution is -2.26. The second-order valence-corrected chi connectivity index (χ2v) is 8.49. The van der Waals surface area contributed by atoms with Crippen LogP contribution >= 0.6 is 15.9 Å². The van der Waals surface area contributed by atoms with Crippen molar-refractivity contribution in [2.45, 2.75) is 12.3 Å². The first-order valence-corrected chi connectivity index (χ1v) is 11.1. The maximum Gasteiger partial charge on any atom is 0.411 e. The molecule has 1 aliphatic rings. The molecule has 0 fully saturated rings.